The fraction of sp³-hybridized carbons (Fsp3) is 0.240. The second kappa shape index (κ2) is 11.4. The molecule has 8 nitrogen and oxygen atoms in total. The monoisotopic (exact) mass is 518 g/mol. The molecule has 0 aliphatic carbocycles. The standard InChI is InChI=1S/C25H27ClN2O6S/c1-28(2)35(30,31)21-10-12-23(33-4)17(14-21)8-13-25(29)27-22-15-18(26)9-11-24(22)34-20-7-5-6-19(16-20)32-3/h5-7,9-12,14-16H,8,13H2,1-4H3,(H,27,29). The van der Waals surface area contributed by atoms with Gasteiger partial charge in [0.2, 0.25) is 15.9 Å². The number of benzene rings is 3. The molecule has 0 bridgehead atoms. The number of ether oxygens (including phenoxy) is 3. The number of anilines is 1. The van der Waals surface area contributed by atoms with Gasteiger partial charge in [0.05, 0.1) is 24.8 Å². The van der Waals surface area contributed by atoms with Crippen molar-refractivity contribution in [3.63, 3.8) is 0 Å². The molecule has 0 saturated carbocycles. The molecule has 0 spiro atoms. The summed E-state index contributed by atoms with van der Waals surface area (Å²) in [6.45, 7) is 0. The second-order valence-electron chi connectivity index (χ2n) is 7.73. The Balaban J connectivity index is 1.76. The highest BCUT2D eigenvalue weighted by atomic mass is 35.5. The molecule has 3 rings (SSSR count). The van der Waals surface area contributed by atoms with E-state index in [-0.39, 0.29) is 23.6 Å². The van der Waals surface area contributed by atoms with Crippen LogP contribution in [-0.4, -0.2) is 46.9 Å². The number of carbonyl (C=O) groups excluding carboxylic acids is 1. The number of rotatable bonds is 10. The van der Waals surface area contributed by atoms with Gasteiger partial charge >= 0.3 is 0 Å². The van der Waals surface area contributed by atoms with Crippen molar-refractivity contribution in [2.24, 2.45) is 0 Å². The predicted octanol–water partition coefficient (Wildman–Crippen LogP) is 4.97. The zero-order chi connectivity index (χ0) is 25.6. The van der Waals surface area contributed by atoms with E-state index < -0.39 is 10.0 Å². The minimum absolute atomic E-state index is 0.0763. The Kier molecular flexibility index (Phi) is 8.61. The third-order valence-electron chi connectivity index (χ3n) is 5.14. The molecule has 0 fully saturated rings. The molecule has 0 atom stereocenters. The highest BCUT2D eigenvalue weighted by Crippen LogP contribution is 2.33. The molecule has 0 aromatic heterocycles. The first-order valence-corrected chi connectivity index (χ1v) is 12.5. The quantitative estimate of drug-likeness (QED) is 0.407. The van der Waals surface area contributed by atoms with Crippen LogP contribution in [0.15, 0.2) is 65.6 Å². The van der Waals surface area contributed by atoms with E-state index in [9.17, 15) is 13.2 Å². The molecular weight excluding hydrogens is 492 g/mol. The lowest BCUT2D eigenvalue weighted by Crippen LogP contribution is -2.22. The molecule has 1 N–H and O–H groups in total. The van der Waals surface area contributed by atoms with Crippen molar-refractivity contribution in [1.82, 2.24) is 4.31 Å². The molecular formula is C25H27ClN2O6S. The number of hydrogen-bond acceptors (Lipinski definition) is 6. The van der Waals surface area contributed by atoms with Crippen LogP contribution in [0.5, 0.6) is 23.0 Å². The van der Waals surface area contributed by atoms with Crippen molar-refractivity contribution in [2.45, 2.75) is 17.7 Å². The Hall–Kier alpha value is -3.27. The molecule has 1 amide bonds. The Morgan fingerprint density at radius 3 is 2.34 bits per heavy atom. The number of aryl methyl sites for hydroxylation is 1. The van der Waals surface area contributed by atoms with Gasteiger partial charge in [-0.15, -0.1) is 0 Å². The number of hydrogen-bond donors (Lipinski definition) is 1. The lowest BCUT2D eigenvalue weighted by Gasteiger charge is -2.15. The average molecular weight is 519 g/mol. The lowest BCUT2D eigenvalue weighted by molar-refractivity contribution is -0.116. The number of nitrogens with zero attached hydrogens (tertiary/aromatic N) is 1. The van der Waals surface area contributed by atoms with Crippen LogP contribution in [0, 0.1) is 0 Å². The SMILES string of the molecule is COc1cccc(Oc2ccc(Cl)cc2NC(=O)CCc2cc(S(=O)(=O)N(C)C)ccc2OC)c1. The summed E-state index contributed by atoms with van der Waals surface area (Å²) in [7, 11) is 2.36. The van der Waals surface area contributed by atoms with E-state index in [0.717, 1.165) is 4.31 Å². The topological polar surface area (TPSA) is 94.2 Å². The third kappa shape index (κ3) is 6.66. The molecule has 3 aromatic rings. The van der Waals surface area contributed by atoms with Crippen molar-refractivity contribution < 1.29 is 27.4 Å². The van der Waals surface area contributed by atoms with E-state index in [1.165, 1.54) is 33.3 Å². The smallest absolute Gasteiger partial charge is 0.242 e. The first kappa shape index (κ1) is 26.3. The minimum atomic E-state index is -3.62. The molecule has 0 aliphatic heterocycles. The van der Waals surface area contributed by atoms with Gasteiger partial charge in [0, 0.05) is 31.6 Å². The molecule has 3 aromatic carbocycles. The predicted molar refractivity (Wildman–Crippen MR) is 135 cm³/mol. The summed E-state index contributed by atoms with van der Waals surface area (Å²) in [4.78, 5) is 12.9. The van der Waals surface area contributed by atoms with Crippen LogP contribution in [0.4, 0.5) is 5.69 Å². The third-order valence-corrected chi connectivity index (χ3v) is 7.18. The molecule has 0 unspecified atom stereocenters. The first-order valence-electron chi connectivity index (χ1n) is 10.6. The molecule has 186 valence electrons. The van der Waals surface area contributed by atoms with Crippen molar-refractivity contribution in [1.29, 1.82) is 0 Å². The highest BCUT2D eigenvalue weighted by molar-refractivity contribution is 7.89. The number of sulfonamides is 1. The lowest BCUT2D eigenvalue weighted by atomic mass is 10.1. The molecule has 0 saturated heterocycles. The summed E-state index contributed by atoms with van der Waals surface area (Å²) in [6, 6.07) is 16.6. The van der Waals surface area contributed by atoms with Crippen LogP contribution in [0.1, 0.15) is 12.0 Å². The first-order chi connectivity index (χ1) is 16.6. The van der Waals surface area contributed by atoms with E-state index in [4.69, 9.17) is 25.8 Å². The fourth-order valence-electron chi connectivity index (χ4n) is 3.26. The summed E-state index contributed by atoms with van der Waals surface area (Å²) in [6.07, 6.45) is 0.339. The van der Waals surface area contributed by atoms with Crippen molar-refractivity contribution >= 4 is 33.2 Å². The van der Waals surface area contributed by atoms with Gasteiger partial charge in [0.1, 0.15) is 17.2 Å². The average Bonchev–Trinajstić information content (AvgIpc) is 2.84. The van der Waals surface area contributed by atoms with Crippen LogP contribution in [0.2, 0.25) is 5.02 Å². The summed E-state index contributed by atoms with van der Waals surface area (Å²) >= 11 is 6.14. The molecule has 0 heterocycles. The van der Waals surface area contributed by atoms with Gasteiger partial charge in [-0.25, -0.2) is 12.7 Å². The summed E-state index contributed by atoms with van der Waals surface area (Å²) in [5.41, 5.74) is 1.01. The van der Waals surface area contributed by atoms with Gasteiger partial charge in [-0.1, -0.05) is 17.7 Å². The Labute approximate surface area is 210 Å². The largest absolute Gasteiger partial charge is 0.497 e. The van der Waals surface area contributed by atoms with E-state index in [0.29, 0.717) is 39.3 Å². The van der Waals surface area contributed by atoms with Gasteiger partial charge in [0.15, 0.2) is 5.75 Å². The van der Waals surface area contributed by atoms with Crippen LogP contribution >= 0.6 is 11.6 Å². The van der Waals surface area contributed by atoms with Crippen LogP contribution in [-0.2, 0) is 21.2 Å². The number of amides is 1. The zero-order valence-electron chi connectivity index (χ0n) is 19.9. The second-order valence-corrected chi connectivity index (χ2v) is 10.3. The normalized spacial score (nSPS) is 11.3. The molecule has 0 radical (unpaired) electrons. The maximum Gasteiger partial charge on any atom is 0.242 e. The Bertz CT molecular complexity index is 1310. The van der Waals surface area contributed by atoms with E-state index >= 15 is 0 Å². The van der Waals surface area contributed by atoms with Crippen molar-refractivity contribution in [3.05, 3.63) is 71.2 Å². The van der Waals surface area contributed by atoms with E-state index in [2.05, 4.69) is 5.32 Å². The van der Waals surface area contributed by atoms with Crippen LogP contribution < -0.4 is 19.5 Å². The highest BCUT2D eigenvalue weighted by Gasteiger charge is 2.19. The molecule has 0 aliphatic rings. The maximum atomic E-state index is 12.8. The van der Waals surface area contributed by atoms with Gasteiger partial charge in [-0.05, 0) is 60.5 Å². The number of carbonyl (C=O) groups is 1. The van der Waals surface area contributed by atoms with Crippen LogP contribution in [0.3, 0.4) is 0 Å². The Morgan fingerprint density at radius 1 is 0.943 bits per heavy atom. The number of nitrogens with one attached hydrogen (secondary N) is 1. The number of methoxy groups -OCH3 is 2. The van der Waals surface area contributed by atoms with E-state index in [1.54, 1.807) is 55.6 Å². The van der Waals surface area contributed by atoms with Crippen molar-refractivity contribution in [3.8, 4) is 23.0 Å². The summed E-state index contributed by atoms with van der Waals surface area (Å²) in [5, 5.41) is 3.26. The minimum Gasteiger partial charge on any atom is -0.497 e. The van der Waals surface area contributed by atoms with Gasteiger partial charge in [-0.2, -0.15) is 0 Å². The Morgan fingerprint density at radius 2 is 1.66 bits per heavy atom. The fourth-order valence-corrected chi connectivity index (χ4v) is 4.39. The summed E-state index contributed by atoms with van der Waals surface area (Å²) in [5.74, 6) is 1.78. The van der Waals surface area contributed by atoms with E-state index in [1.807, 2.05) is 0 Å². The maximum absolute atomic E-state index is 12.8. The van der Waals surface area contributed by atoms with Crippen LogP contribution in [0.25, 0.3) is 0 Å². The van der Waals surface area contributed by atoms with Crippen molar-refractivity contribution in [2.75, 3.05) is 33.6 Å². The zero-order valence-corrected chi connectivity index (χ0v) is 21.4. The van der Waals surface area contributed by atoms with Gasteiger partial charge < -0.3 is 19.5 Å². The van der Waals surface area contributed by atoms with Gasteiger partial charge in [-0.3, -0.25) is 4.79 Å². The number of halogens is 1. The summed E-state index contributed by atoms with van der Waals surface area (Å²) < 4.78 is 42.6. The molecule has 35 heavy (non-hydrogen) atoms. The molecule has 10 heteroatoms. The van der Waals surface area contributed by atoms with Gasteiger partial charge in [0.25, 0.3) is 0 Å².